The molecule has 7 heteroatoms. The van der Waals surface area contributed by atoms with E-state index >= 15 is 0 Å². The van der Waals surface area contributed by atoms with Crippen molar-refractivity contribution in [2.75, 3.05) is 0 Å². The van der Waals surface area contributed by atoms with Gasteiger partial charge in [0.05, 0.1) is 17.2 Å². The van der Waals surface area contributed by atoms with Crippen LogP contribution in [0.25, 0.3) is 11.4 Å². The van der Waals surface area contributed by atoms with Gasteiger partial charge < -0.3 is 9.26 Å². The highest BCUT2D eigenvalue weighted by atomic mass is 16.6. The fourth-order valence-electron chi connectivity index (χ4n) is 1.97. The molecule has 1 atom stereocenters. The molecule has 0 bridgehead atoms. The van der Waals surface area contributed by atoms with Crippen molar-refractivity contribution in [1.29, 1.82) is 5.26 Å². The second-order valence-electron chi connectivity index (χ2n) is 4.93. The van der Waals surface area contributed by atoms with Crippen molar-refractivity contribution in [3.05, 3.63) is 65.8 Å². The summed E-state index contributed by atoms with van der Waals surface area (Å²) in [5.41, 5.74) is 1.52. The highest BCUT2D eigenvalue weighted by molar-refractivity contribution is 5.89. The molecule has 1 unspecified atom stereocenters. The lowest BCUT2D eigenvalue weighted by Crippen LogP contribution is -2.09. The van der Waals surface area contributed by atoms with Crippen LogP contribution in [0.5, 0.6) is 0 Å². The Morgan fingerprint density at radius 2 is 2.08 bits per heavy atom. The van der Waals surface area contributed by atoms with Gasteiger partial charge >= 0.3 is 5.97 Å². The van der Waals surface area contributed by atoms with Gasteiger partial charge in [-0.3, -0.25) is 4.98 Å². The SMILES string of the molecule is CC(OC(=O)c1ccc(C#N)cc1)c1nc(-c2cccnc2)no1. The van der Waals surface area contributed by atoms with Crippen molar-refractivity contribution in [3.63, 3.8) is 0 Å². The van der Waals surface area contributed by atoms with Crippen LogP contribution in [0.2, 0.25) is 0 Å². The Morgan fingerprint density at radius 1 is 1.29 bits per heavy atom. The fraction of sp³-hybridized carbons (Fsp3) is 0.118. The molecular formula is C17H12N4O3. The fourth-order valence-corrected chi connectivity index (χ4v) is 1.97. The van der Waals surface area contributed by atoms with Gasteiger partial charge in [0.25, 0.3) is 5.89 Å². The van der Waals surface area contributed by atoms with Crippen LogP contribution < -0.4 is 0 Å². The Bertz CT molecular complexity index is 882. The van der Waals surface area contributed by atoms with Crippen LogP contribution in [0.1, 0.15) is 34.8 Å². The van der Waals surface area contributed by atoms with Crippen LogP contribution in [0, 0.1) is 11.3 Å². The lowest BCUT2D eigenvalue weighted by molar-refractivity contribution is 0.0265. The van der Waals surface area contributed by atoms with Gasteiger partial charge in [0.15, 0.2) is 6.10 Å². The number of esters is 1. The van der Waals surface area contributed by atoms with Crippen molar-refractivity contribution in [1.82, 2.24) is 15.1 Å². The van der Waals surface area contributed by atoms with Crippen molar-refractivity contribution in [2.45, 2.75) is 13.0 Å². The largest absolute Gasteiger partial charge is 0.449 e. The van der Waals surface area contributed by atoms with E-state index in [0.717, 1.165) is 0 Å². The summed E-state index contributed by atoms with van der Waals surface area (Å²) in [6.45, 7) is 1.64. The minimum Gasteiger partial charge on any atom is -0.449 e. The maximum atomic E-state index is 12.1. The molecule has 0 saturated carbocycles. The van der Waals surface area contributed by atoms with Crippen LogP contribution >= 0.6 is 0 Å². The van der Waals surface area contributed by atoms with Crippen LogP contribution in [0.4, 0.5) is 0 Å². The van der Waals surface area contributed by atoms with E-state index in [2.05, 4.69) is 15.1 Å². The molecule has 0 aliphatic rings. The van der Waals surface area contributed by atoms with Gasteiger partial charge in [-0.15, -0.1) is 0 Å². The zero-order valence-corrected chi connectivity index (χ0v) is 12.7. The smallest absolute Gasteiger partial charge is 0.338 e. The number of benzene rings is 1. The van der Waals surface area contributed by atoms with E-state index in [-0.39, 0.29) is 5.89 Å². The van der Waals surface area contributed by atoms with E-state index in [4.69, 9.17) is 14.5 Å². The first-order valence-electron chi connectivity index (χ1n) is 7.12. The Hall–Kier alpha value is -3.53. The van der Waals surface area contributed by atoms with Crippen LogP contribution in [0.15, 0.2) is 53.3 Å². The van der Waals surface area contributed by atoms with Gasteiger partial charge in [0.1, 0.15) is 0 Å². The molecule has 0 radical (unpaired) electrons. The van der Waals surface area contributed by atoms with Crippen molar-refractivity contribution >= 4 is 5.97 Å². The first-order chi connectivity index (χ1) is 11.7. The van der Waals surface area contributed by atoms with Crippen molar-refractivity contribution in [2.24, 2.45) is 0 Å². The Balaban J connectivity index is 1.70. The third-order valence-electron chi connectivity index (χ3n) is 3.24. The number of nitrogens with zero attached hydrogens (tertiary/aromatic N) is 4. The lowest BCUT2D eigenvalue weighted by Gasteiger charge is -2.08. The number of rotatable bonds is 4. The van der Waals surface area contributed by atoms with Crippen LogP contribution in [-0.2, 0) is 4.74 Å². The predicted molar refractivity (Wildman–Crippen MR) is 82.5 cm³/mol. The molecule has 0 amide bonds. The average Bonchev–Trinajstić information content (AvgIpc) is 3.13. The van der Waals surface area contributed by atoms with E-state index in [1.54, 1.807) is 43.6 Å². The second-order valence-corrected chi connectivity index (χ2v) is 4.93. The zero-order valence-electron chi connectivity index (χ0n) is 12.7. The van der Waals surface area contributed by atoms with Gasteiger partial charge in [0, 0.05) is 18.0 Å². The molecule has 0 aliphatic heterocycles. The van der Waals surface area contributed by atoms with Gasteiger partial charge in [-0.25, -0.2) is 4.79 Å². The summed E-state index contributed by atoms with van der Waals surface area (Å²) in [7, 11) is 0. The molecule has 3 aromatic rings. The number of pyridine rings is 1. The van der Waals surface area contributed by atoms with Crippen molar-refractivity contribution < 1.29 is 14.1 Å². The first kappa shape index (κ1) is 15.4. The topological polar surface area (TPSA) is 102 Å². The van der Waals surface area contributed by atoms with E-state index in [9.17, 15) is 4.79 Å². The lowest BCUT2D eigenvalue weighted by atomic mass is 10.1. The highest BCUT2D eigenvalue weighted by Crippen LogP contribution is 2.21. The summed E-state index contributed by atoms with van der Waals surface area (Å²) >= 11 is 0. The van der Waals surface area contributed by atoms with E-state index in [0.29, 0.717) is 22.5 Å². The summed E-state index contributed by atoms with van der Waals surface area (Å²) in [6, 6.07) is 11.7. The number of ether oxygens (including phenoxy) is 1. The molecule has 2 aromatic heterocycles. The minimum atomic E-state index is -0.703. The molecule has 7 nitrogen and oxygen atoms in total. The minimum absolute atomic E-state index is 0.191. The monoisotopic (exact) mass is 320 g/mol. The molecule has 0 saturated heterocycles. The van der Waals surface area contributed by atoms with Gasteiger partial charge in [-0.05, 0) is 43.3 Å². The molecule has 0 spiro atoms. The standard InChI is InChI=1S/C17H12N4O3/c1-11(23-17(22)13-6-4-12(9-18)5-7-13)16-20-15(21-24-16)14-3-2-8-19-10-14/h2-8,10-11H,1H3. The molecule has 0 aliphatic carbocycles. The summed E-state index contributed by atoms with van der Waals surface area (Å²) in [4.78, 5) is 20.3. The number of carbonyl (C=O) groups is 1. The van der Waals surface area contributed by atoms with Crippen molar-refractivity contribution in [3.8, 4) is 17.5 Å². The average molecular weight is 320 g/mol. The van der Waals surface area contributed by atoms with Gasteiger partial charge in [-0.2, -0.15) is 10.2 Å². The number of hydrogen-bond donors (Lipinski definition) is 0. The molecule has 0 N–H and O–H groups in total. The molecule has 118 valence electrons. The maximum absolute atomic E-state index is 12.1. The second kappa shape index (κ2) is 6.71. The van der Waals surface area contributed by atoms with Crippen LogP contribution in [-0.4, -0.2) is 21.1 Å². The highest BCUT2D eigenvalue weighted by Gasteiger charge is 2.20. The Labute approximate surface area is 137 Å². The molecular weight excluding hydrogens is 308 g/mol. The maximum Gasteiger partial charge on any atom is 0.338 e. The van der Waals surface area contributed by atoms with Gasteiger partial charge in [-0.1, -0.05) is 5.16 Å². The van der Waals surface area contributed by atoms with E-state index in [1.165, 1.54) is 12.1 Å². The first-order valence-corrected chi connectivity index (χ1v) is 7.12. The molecule has 0 fully saturated rings. The molecule has 24 heavy (non-hydrogen) atoms. The summed E-state index contributed by atoms with van der Waals surface area (Å²) < 4.78 is 10.5. The summed E-state index contributed by atoms with van der Waals surface area (Å²) in [5, 5.41) is 12.6. The van der Waals surface area contributed by atoms with Gasteiger partial charge in [0.2, 0.25) is 5.82 Å². The Morgan fingerprint density at radius 3 is 2.75 bits per heavy atom. The summed E-state index contributed by atoms with van der Waals surface area (Å²) in [6.07, 6.45) is 2.56. The molecule has 3 rings (SSSR count). The van der Waals surface area contributed by atoms with E-state index in [1.807, 2.05) is 6.07 Å². The number of aromatic nitrogens is 3. The summed E-state index contributed by atoms with van der Waals surface area (Å²) in [5.74, 6) is 0.0309. The predicted octanol–water partition coefficient (Wildman–Crippen LogP) is 2.92. The third kappa shape index (κ3) is 3.28. The Kier molecular flexibility index (Phi) is 4.29. The number of hydrogen-bond acceptors (Lipinski definition) is 7. The normalized spacial score (nSPS) is 11.5. The number of carbonyl (C=O) groups excluding carboxylic acids is 1. The zero-order chi connectivity index (χ0) is 16.9. The van der Waals surface area contributed by atoms with E-state index < -0.39 is 12.1 Å². The van der Waals surface area contributed by atoms with Crippen LogP contribution in [0.3, 0.4) is 0 Å². The third-order valence-corrected chi connectivity index (χ3v) is 3.24. The molecule has 2 heterocycles. The molecule has 1 aromatic carbocycles. The quantitative estimate of drug-likeness (QED) is 0.681. The number of nitriles is 1.